The van der Waals surface area contributed by atoms with Crippen molar-refractivity contribution in [3.63, 3.8) is 0 Å². The second kappa shape index (κ2) is 8.81. The molecule has 3 aromatic carbocycles. The quantitative estimate of drug-likeness (QED) is 0.549. The molecule has 5 heteroatoms. The van der Waals surface area contributed by atoms with Crippen LogP contribution in [0.25, 0.3) is 0 Å². The maximum Gasteiger partial charge on any atom is 0.231 e. The third-order valence-electron chi connectivity index (χ3n) is 5.86. The van der Waals surface area contributed by atoms with Crippen LogP contribution in [0.15, 0.2) is 72.8 Å². The summed E-state index contributed by atoms with van der Waals surface area (Å²) >= 11 is 12.1. The van der Waals surface area contributed by atoms with Crippen molar-refractivity contribution in [3.8, 4) is 0 Å². The average Bonchev–Trinajstić information content (AvgIpc) is 3.11. The molecule has 3 nitrogen and oxygen atoms in total. The van der Waals surface area contributed by atoms with Gasteiger partial charge in [-0.3, -0.25) is 4.79 Å². The number of amides is 1. The summed E-state index contributed by atoms with van der Waals surface area (Å²) < 4.78 is 0. The molecule has 1 aliphatic carbocycles. The van der Waals surface area contributed by atoms with Gasteiger partial charge in [0.15, 0.2) is 0 Å². The third-order valence-corrected chi connectivity index (χ3v) is 6.30. The Morgan fingerprint density at radius 2 is 1.67 bits per heavy atom. The Morgan fingerprint density at radius 3 is 2.40 bits per heavy atom. The number of halogens is 2. The number of carbonyl (C=O) groups excluding carboxylic acids is 1. The highest BCUT2D eigenvalue weighted by atomic mass is 35.5. The smallest absolute Gasteiger partial charge is 0.231 e. The lowest BCUT2D eigenvalue weighted by Crippen LogP contribution is -2.46. The van der Waals surface area contributed by atoms with Crippen LogP contribution in [0, 0.1) is 0 Å². The number of rotatable bonds is 6. The highest BCUT2D eigenvalue weighted by Gasteiger charge is 2.45. The first kappa shape index (κ1) is 20.9. The Kier molecular flexibility index (Phi) is 6.14. The molecule has 0 aliphatic heterocycles. The van der Waals surface area contributed by atoms with E-state index in [1.807, 2.05) is 30.3 Å². The van der Waals surface area contributed by atoms with Crippen molar-refractivity contribution in [1.29, 1.82) is 0 Å². The van der Waals surface area contributed by atoms with Gasteiger partial charge in [0.25, 0.3) is 0 Å². The monoisotopic (exact) mass is 439 g/mol. The lowest BCUT2D eigenvalue weighted by atomic mass is 9.75. The van der Waals surface area contributed by atoms with Gasteiger partial charge in [-0.15, -0.1) is 0 Å². The minimum absolute atomic E-state index is 0.0662. The molecule has 154 valence electrons. The number of aliphatic hydroxyl groups is 1. The van der Waals surface area contributed by atoms with Crippen LogP contribution in [0.1, 0.15) is 34.8 Å². The Balaban J connectivity index is 1.58. The van der Waals surface area contributed by atoms with Crippen LogP contribution in [-0.2, 0) is 23.1 Å². The molecular formula is C25H23Cl2NO2. The van der Waals surface area contributed by atoms with Crippen molar-refractivity contribution >= 4 is 29.1 Å². The lowest BCUT2D eigenvalue weighted by molar-refractivity contribution is -0.127. The first-order valence-corrected chi connectivity index (χ1v) is 10.8. The maximum absolute atomic E-state index is 13.5. The fourth-order valence-electron chi connectivity index (χ4n) is 4.38. The molecule has 1 aliphatic rings. The second-order valence-electron chi connectivity index (χ2n) is 7.83. The van der Waals surface area contributed by atoms with E-state index < -0.39 is 11.5 Å². The van der Waals surface area contributed by atoms with Crippen molar-refractivity contribution < 1.29 is 9.90 Å². The van der Waals surface area contributed by atoms with Gasteiger partial charge in [0.1, 0.15) is 0 Å². The van der Waals surface area contributed by atoms with E-state index in [4.69, 9.17) is 23.2 Å². The summed E-state index contributed by atoms with van der Waals surface area (Å²) in [6.07, 6.45) is 1.33. The molecule has 0 spiro atoms. The van der Waals surface area contributed by atoms with Crippen molar-refractivity contribution in [2.45, 2.75) is 30.8 Å². The molecule has 0 saturated carbocycles. The third kappa shape index (κ3) is 4.24. The molecule has 3 aromatic rings. The standard InChI is InChI=1S/C25H23Cl2NO2/c26-20-12-19(13-21(27)14-20)23(29)16-28-24(30)25(15-17-6-2-1-3-7-17)11-10-18-8-4-5-9-22(18)25/h1-9,12-14,23,29H,10-11,15-16H2,(H,28,30). The predicted octanol–water partition coefficient (Wildman–Crippen LogP) is 5.27. The topological polar surface area (TPSA) is 49.3 Å². The molecule has 2 N–H and O–H groups in total. The first-order valence-electron chi connectivity index (χ1n) is 10.0. The molecule has 0 heterocycles. The SMILES string of the molecule is O=C(NCC(O)c1cc(Cl)cc(Cl)c1)C1(Cc2ccccc2)CCc2ccccc21. The maximum atomic E-state index is 13.5. The van der Waals surface area contributed by atoms with E-state index in [0.717, 1.165) is 24.0 Å². The van der Waals surface area contributed by atoms with Crippen molar-refractivity contribution in [2.24, 2.45) is 0 Å². The minimum atomic E-state index is -0.893. The van der Waals surface area contributed by atoms with Crippen molar-refractivity contribution in [3.05, 3.63) is 105 Å². The number of carbonyl (C=O) groups is 1. The van der Waals surface area contributed by atoms with E-state index in [1.54, 1.807) is 18.2 Å². The van der Waals surface area contributed by atoms with Gasteiger partial charge in [0.2, 0.25) is 5.91 Å². The molecule has 2 atom stereocenters. The Labute approximate surface area is 186 Å². The minimum Gasteiger partial charge on any atom is -0.387 e. The van der Waals surface area contributed by atoms with Crippen LogP contribution < -0.4 is 5.32 Å². The number of aliphatic hydroxyl groups excluding tert-OH is 1. The molecular weight excluding hydrogens is 417 g/mol. The van der Waals surface area contributed by atoms with Crippen molar-refractivity contribution in [2.75, 3.05) is 6.54 Å². The van der Waals surface area contributed by atoms with Gasteiger partial charge in [0.05, 0.1) is 11.5 Å². The van der Waals surface area contributed by atoms with E-state index >= 15 is 0 Å². The highest BCUT2D eigenvalue weighted by Crippen LogP contribution is 2.42. The zero-order chi connectivity index (χ0) is 21.1. The van der Waals surface area contributed by atoms with E-state index in [9.17, 15) is 9.90 Å². The number of hydrogen-bond donors (Lipinski definition) is 2. The largest absolute Gasteiger partial charge is 0.387 e. The molecule has 0 bridgehead atoms. The highest BCUT2D eigenvalue weighted by molar-refractivity contribution is 6.34. The van der Waals surface area contributed by atoms with E-state index in [0.29, 0.717) is 22.0 Å². The molecule has 1 amide bonds. The van der Waals surface area contributed by atoms with Gasteiger partial charge in [-0.2, -0.15) is 0 Å². The zero-order valence-electron chi connectivity index (χ0n) is 16.4. The van der Waals surface area contributed by atoms with E-state index in [-0.39, 0.29) is 12.5 Å². The molecule has 0 saturated heterocycles. The van der Waals surface area contributed by atoms with Gasteiger partial charge in [-0.25, -0.2) is 0 Å². The van der Waals surface area contributed by atoms with Crippen LogP contribution in [0.2, 0.25) is 10.0 Å². The van der Waals surface area contributed by atoms with Crippen molar-refractivity contribution in [1.82, 2.24) is 5.32 Å². The van der Waals surface area contributed by atoms with Crippen LogP contribution >= 0.6 is 23.2 Å². The summed E-state index contributed by atoms with van der Waals surface area (Å²) in [7, 11) is 0. The molecule has 30 heavy (non-hydrogen) atoms. The predicted molar refractivity (Wildman–Crippen MR) is 121 cm³/mol. The average molecular weight is 440 g/mol. The van der Waals surface area contributed by atoms with Gasteiger partial charge in [-0.05, 0) is 59.7 Å². The van der Waals surface area contributed by atoms with Crippen LogP contribution in [0.4, 0.5) is 0 Å². The molecule has 0 aromatic heterocycles. The van der Waals surface area contributed by atoms with Crippen LogP contribution in [0.3, 0.4) is 0 Å². The fraction of sp³-hybridized carbons (Fsp3) is 0.240. The van der Waals surface area contributed by atoms with Crippen LogP contribution in [-0.4, -0.2) is 17.6 Å². The Morgan fingerprint density at radius 1 is 1.00 bits per heavy atom. The molecule has 0 radical (unpaired) electrons. The summed E-state index contributed by atoms with van der Waals surface area (Å²) in [5, 5.41) is 14.5. The molecule has 2 unspecified atom stereocenters. The van der Waals surface area contributed by atoms with Crippen LogP contribution in [0.5, 0.6) is 0 Å². The summed E-state index contributed by atoms with van der Waals surface area (Å²) in [6.45, 7) is 0.0915. The van der Waals surface area contributed by atoms with E-state index in [2.05, 4.69) is 29.6 Å². The van der Waals surface area contributed by atoms with Gasteiger partial charge >= 0.3 is 0 Å². The van der Waals surface area contributed by atoms with Gasteiger partial charge in [-0.1, -0.05) is 77.8 Å². The lowest BCUT2D eigenvalue weighted by Gasteiger charge is -2.30. The van der Waals surface area contributed by atoms with E-state index in [1.165, 1.54) is 5.56 Å². The number of nitrogens with one attached hydrogen (secondary N) is 1. The molecule has 4 rings (SSSR count). The summed E-state index contributed by atoms with van der Waals surface area (Å²) in [5.74, 6) is -0.0662. The summed E-state index contributed by atoms with van der Waals surface area (Å²) in [4.78, 5) is 13.5. The summed E-state index contributed by atoms with van der Waals surface area (Å²) in [6, 6.07) is 23.2. The second-order valence-corrected chi connectivity index (χ2v) is 8.70. The fourth-order valence-corrected chi connectivity index (χ4v) is 4.92. The normalized spacial score (nSPS) is 18.6. The van der Waals surface area contributed by atoms with Gasteiger partial charge in [0, 0.05) is 16.6 Å². The number of aryl methyl sites for hydroxylation is 1. The number of fused-ring (bicyclic) bond motifs is 1. The van der Waals surface area contributed by atoms with Gasteiger partial charge < -0.3 is 10.4 Å². The zero-order valence-corrected chi connectivity index (χ0v) is 18.0. The number of benzene rings is 3. The molecule has 0 fully saturated rings. The number of hydrogen-bond acceptors (Lipinski definition) is 2. The summed E-state index contributed by atoms with van der Waals surface area (Å²) in [5.41, 5.74) is 3.34. The Hall–Kier alpha value is -2.33. The first-order chi connectivity index (χ1) is 14.5. The Bertz CT molecular complexity index is 1030.